The number of imide groups is 1. The molecule has 1 unspecified atom stereocenters. The summed E-state index contributed by atoms with van der Waals surface area (Å²) in [5.41, 5.74) is 1.34. The fraction of sp³-hybridized carbons (Fsp3) is 0.471. The molecule has 25 heavy (non-hydrogen) atoms. The molecule has 1 aliphatic heterocycles. The zero-order chi connectivity index (χ0) is 18.2. The number of imidazole rings is 1. The molecular weight excluding hydrogens is 336 g/mol. The van der Waals surface area contributed by atoms with Gasteiger partial charge in [0.15, 0.2) is 0 Å². The van der Waals surface area contributed by atoms with E-state index in [2.05, 4.69) is 35.3 Å². The molecular formula is C17H24N4O3Si. The van der Waals surface area contributed by atoms with Crippen LogP contribution in [0.3, 0.4) is 0 Å². The van der Waals surface area contributed by atoms with Crippen molar-refractivity contribution in [2.24, 2.45) is 0 Å². The minimum absolute atomic E-state index is 0.356. The lowest BCUT2D eigenvalue weighted by Gasteiger charge is -2.21. The van der Waals surface area contributed by atoms with Gasteiger partial charge in [0.2, 0.25) is 0 Å². The van der Waals surface area contributed by atoms with Crippen molar-refractivity contribution in [1.29, 1.82) is 0 Å². The SMILES string of the molecule is CC1(c2ccc3c(c2)ncn3COCC[Si](C)(C)C)NC(=O)NC1=O. The molecule has 1 fully saturated rings. The van der Waals surface area contributed by atoms with Crippen LogP contribution in [-0.2, 0) is 21.8 Å². The van der Waals surface area contributed by atoms with Gasteiger partial charge in [0.05, 0.1) is 17.4 Å². The predicted octanol–water partition coefficient (Wildman–Crippen LogP) is 2.40. The van der Waals surface area contributed by atoms with Crippen LogP contribution in [0.4, 0.5) is 4.79 Å². The summed E-state index contributed by atoms with van der Waals surface area (Å²) >= 11 is 0. The van der Waals surface area contributed by atoms with Gasteiger partial charge in [-0.15, -0.1) is 0 Å². The molecule has 0 aliphatic carbocycles. The lowest BCUT2D eigenvalue weighted by Crippen LogP contribution is -2.40. The quantitative estimate of drug-likeness (QED) is 0.471. The number of benzene rings is 1. The smallest absolute Gasteiger partial charge is 0.322 e. The van der Waals surface area contributed by atoms with Crippen molar-refractivity contribution in [2.45, 2.75) is 44.9 Å². The first-order valence-corrected chi connectivity index (χ1v) is 12.1. The van der Waals surface area contributed by atoms with E-state index in [9.17, 15) is 9.59 Å². The highest BCUT2D eigenvalue weighted by Gasteiger charge is 2.43. The van der Waals surface area contributed by atoms with Gasteiger partial charge in [-0.25, -0.2) is 9.78 Å². The summed E-state index contributed by atoms with van der Waals surface area (Å²) in [4.78, 5) is 27.9. The fourth-order valence-electron chi connectivity index (χ4n) is 2.77. The van der Waals surface area contributed by atoms with Crippen LogP contribution < -0.4 is 10.6 Å². The first-order chi connectivity index (χ1) is 11.7. The molecule has 2 N–H and O–H groups in total. The molecule has 1 atom stereocenters. The summed E-state index contributed by atoms with van der Waals surface area (Å²) in [5.74, 6) is -0.356. The van der Waals surface area contributed by atoms with E-state index in [1.807, 2.05) is 22.8 Å². The third-order valence-electron chi connectivity index (χ3n) is 4.47. The second kappa shape index (κ2) is 6.27. The summed E-state index contributed by atoms with van der Waals surface area (Å²) < 4.78 is 7.72. The molecule has 0 bridgehead atoms. The van der Waals surface area contributed by atoms with Gasteiger partial charge in [0, 0.05) is 14.7 Å². The number of nitrogens with one attached hydrogen (secondary N) is 2. The van der Waals surface area contributed by atoms with E-state index >= 15 is 0 Å². The summed E-state index contributed by atoms with van der Waals surface area (Å²) in [6.07, 6.45) is 1.73. The number of amides is 3. The van der Waals surface area contributed by atoms with Gasteiger partial charge in [-0.05, 0) is 30.7 Å². The Bertz CT molecular complexity index is 827. The second-order valence-electron chi connectivity index (χ2n) is 7.80. The molecule has 3 rings (SSSR count). The lowest BCUT2D eigenvalue weighted by atomic mass is 9.92. The molecule has 8 heteroatoms. The van der Waals surface area contributed by atoms with E-state index in [0.717, 1.165) is 23.7 Å². The van der Waals surface area contributed by atoms with Crippen LogP contribution >= 0.6 is 0 Å². The Kier molecular flexibility index (Phi) is 4.42. The minimum atomic E-state index is -1.10. The molecule has 1 aromatic carbocycles. The van der Waals surface area contributed by atoms with Gasteiger partial charge >= 0.3 is 6.03 Å². The van der Waals surface area contributed by atoms with E-state index in [0.29, 0.717) is 12.3 Å². The Labute approximate surface area is 147 Å². The molecule has 1 aliphatic rings. The third-order valence-corrected chi connectivity index (χ3v) is 6.17. The van der Waals surface area contributed by atoms with Crippen LogP contribution in [0, 0.1) is 0 Å². The van der Waals surface area contributed by atoms with Crippen molar-refractivity contribution in [2.75, 3.05) is 6.61 Å². The standard InChI is InChI=1S/C17H24N4O3Si/c1-17(15(22)19-16(23)20-17)12-5-6-14-13(9-12)18-10-21(14)11-24-7-8-25(2,3)4/h5-6,9-10H,7-8,11H2,1-4H3,(H2,19,20,22,23). The van der Waals surface area contributed by atoms with Crippen LogP contribution in [0.5, 0.6) is 0 Å². The van der Waals surface area contributed by atoms with Crippen molar-refractivity contribution in [1.82, 2.24) is 20.2 Å². The number of rotatable bonds is 6. The van der Waals surface area contributed by atoms with Crippen molar-refractivity contribution < 1.29 is 14.3 Å². The molecule has 1 aromatic heterocycles. The summed E-state index contributed by atoms with van der Waals surface area (Å²) in [5, 5.41) is 4.94. The number of carbonyl (C=O) groups is 2. The molecule has 134 valence electrons. The number of hydrogen-bond donors (Lipinski definition) is 2. The van der Waals surface area contributed by atoms with Crippen LogP contribution in [0.1, 0.15) is 12.5 Å². The Morgan fingerprint density at radius 1 is 1.28 bits per heavy atom. The van der Waals surface area contributed by atoms with Gasteiger partial charge in [-0.2, -0.15) is 0 Å². The van der Waals surface area contributed by atoms with Crippen LogP contribution in [0.2, 0.25) is 25.7 Å². The molecule has 7 nitrogen and oxygen atoms in total. The van der Waals surface area contributed by atoms with E-state index in [1.54, 1.807) is 13.3 Å². The van der Waals surface area contributed by atoms with Gasteiger partial charge in [0.25, 0.3) is 5.91 Å². The van der Waals surface area contributed by atoms with Gasteiger partial charge in [-0.3, -0.25) is 10.1 Å². The number of ether oxygens (including phenoxy) is 1. The maximum atomic E-state index is 12.1. The van der Waals surface area contributed by atoms with Crippen LogP contribution in [-0.4, -0.2) is 36.2 Å². The van der Waals surface area contributed by atoms with Crippen molar-refractivity contribution in [3.8, 4) is 0 Å². The number of aromatic nitrogens is 2. The highest BCUT2D eigenvalue weighted by Crippen LogP contribution is 2.27. The Balaban J connectivity index is 1.75. The number of carbonyl (C=O) groups excluding carboxylic acids is 2. The van der Waals surface area contributed by atoms with Crippen molar-refractivity contribution in [3.05, 3.63) is 30.1 Å². The number of hydrogen-bond acceptors (Lipinski definition) is 4. The maximum Gasteiger partial charge on any atom is 0.322 e. The highest BCUT2D eigenvalue weighted by atomic mass is 28.3. The Morgan fingerprint density at radius 3 is 2.68 bits per heavy atom. The molecule has 0 spiro atoms. The number of fused-ring (bicyclic) bond motifs is 1. The predicted molar refractivity (Wildman–Crippen MR) is 97.9 cm³/mol. The summed E-state index contributed by atoms with van der Waals surface area (Å²) in [6.45, 7) is 9.85. The second-order valence-corrected chi connectivity index (χ2v) is 13.4. The van der Waals surface area contributed by atoms with Crippen LogP contribution in [0.15, 0.2) is 24.5 Å². The topological polar surface area (TPSA) is 85.2 Å². The van der Waals surface area contributed by atoms with Gasteiger partial charge in [0.1, 0.15) is 12.3 Å². The van der Waals surface area contributed by atoms with Crippen molar-refractivity contribution in [3.63, 3.8) is 0 Å². The summed E-state index contributed by atoms with van der Waals surface area (Å²) in [7, 11) is -1.10. The molecule has 0 radical (unpaired) electrons. The highest BCUT2D eigenvalue weighted by molar-refractivity contribution is 6.76. The molecule has 1 saturated heterocycles. The zero-order valence-electron chi connectivity index (χ0n) is 15.0. The molecule has 2 heterocycles. The van der Waals surface area contributed by atoms with Crippen LogP contribution in [0.25, 0.3) is 11.0 Å². The van der Waals surface area contributed by atoms with E-state index < -0.39 is 19.6 Å². The fourth-order valence-corrected chi connectivity index (χ4v) is 3.52. The normalized spacial score (nSPS) is 20.8. The minimum Gasteiger partial charge on any atom is -0.361 e. The summed E-state index contributed by atoms with van der Waals surface area (Å²) in [6, 6.07) is 6.22. The first kappa shape index (κ1) is 17.6. The largest absolute Gasteiger partial charge is 0.361 e. The van der Waals surface area contributed by atoms with Gasteiger partial charge < -0.3 is 14.6 Å². The lowest BCUT2D eigenvalue weighted by molar-refractivity contribution is -0.123. The molecule has 2 aromatic rings. The Morgan fingerprint density at radius 2 is 2.04 bits per heavy atom. The van der Waals surface area contributed by atoms with Gasteiger partial charge in [-0.1, -0.05) is 25.7 Å². The first-order valence-electron chi connectivity index (χ1n) is 8.36. The van der Waals surface area contributed by atoms with E-state index in [4.69, 9.17) is 4.74 Å². The van der Waals surface area contributed by atoms with E-state index in [-0.39, 0.29) is 5.91 Å². The molecule has 3 amide bonds. The molecule has 0 saturated carbocycles. The maximum absolute atomic E-state index is 12.1. The number of urea groups is 1. The monoisotopic (exact) mass is 360 g/mol. The Hall–Kier alpha value is -2.19. The third kappa shape index (κ3) is 3.59. The van der Waals surface area contributed by atoms with Crippen molar-refractivity contribution >= 4 is 31.0 Å². The van der Waals surface area contributed by atoms with E-state index in [1.165, 1.54) is 0 Å². The average molecular weight is 360 g/mol. The number of nitrogens with zero attached hydrogens (tertiary/aromatic N) is 2. The zero-order valence-corrected chi connectivity index (χ0v) is 16.0. The average Bonchev–Trinajstić information content (AvgIpc) is 3.03.